The Kier molecular flexibility index (Phi) is 37.2. The summed E-state index contributed by atoms with van der Waals surface area (Å²) >= 11 is 0. The quantitative estimate of drug-likeness (QED) is 0.0688. The molecule has 3 aromatic heterocycles. The minimum atomic E-state index is -3.27. The van der Waals surface area contributed by atoms with Crippen molar-refractivity contribution in [1.82, 2.24) is 45.6 Å². The Labute approximate surface area is 859 Å². The van der Waals surface area contributed by atoms with Crippen LogP contribution in [0, 0.1) is 72.5 Å². The van der Waals surface area contributed by atoms with Crippen LogP contribution in [0.15, 0.2) is 54.6 Å². The number of alkyl halides is 6. The molecule has 771 valence electrons. The normalized spacial score (nSPS) is 29.4. The molecule has 141 heavy (non-hydrogen) atoms. The fourth-order valence-electron chi connectivity index (χ4n) is 22.4. The van der Waals surface area contributed by atoms with E-state index in [0.717, 1.165) is 25.7 Å². The van der Waals surface area contributed by atoms with Crippen molar-refractivity contribution in [3.63, 3.8) is 0 Å². The van der Waals surface area contributed by atoms with Crippen molar-refractivity contribution in [3.05, 3.63) is 88.0 Å². The van der Waals surface area contributed by atoms with Gasteiger partial charge in [-0.05, 0) is 217 Å². The van der Waals surface area contributed by atoms with Crippen LogP contribution in [-0.4, -0.2) is 197 Å². The third-order valence-corrected chi connectivity index (χ3v) is 30.5. The van der Waals surface area contributed by atoms with Gasteiger partial charge in [-0.15, -0.1) is 0 Å². The topological polar surface area (TPSA) is 321 Å². The second kappa shape index (κ2) is 45.9. The Balaban J connectivity index is 0.000000215. The number of benzene rings is 3. The van der Waals surface area contributed by atoms with Gasteiger partial charge in [0, 0.05) is 115 Å². The fraction of sp³-hybridized carbons (Fsp3) is 0.657. The van der Waals surface area contributed by atoms with E-state index in [0.29, 0.717) is 144 Å². The number of amides is 6. The largest absolute Gasteiger partial charge is 0.540 e. The van der Waals surface area contributed by atoms with E-state index in [4.69, 9.17) is 42.6 Å². The first kappa shape index (κ1) is 114. The number of carbonyl (C=O) groups excluding carboxylic acids is 9. The van der Waals surface area contributed by atoms with Crippen LogP contribution in [0.5, 0.6) is 34.9 Å². The number of ether oxygens (including phenoxy) is 9. The predicted molar refractivity (Wildman–Crippen MR) is 506 cm³/mol. The number of nitrogens with one attached hydrogen (secondary N) is 3. The fourth-order valence-corrected chi connectivity index (χ4v) is 22.4. The maximum atomic E-state index is 16.4. The van der Waals surface area contributed by atoms with Gasteiger partial charge in [0.05, 0.1) is 74.2 Å². The molecule has 0 spiro atoms. The first-order chi connectivity index (χ1) is 65.0. The molecule has 3 aromatic carbocycles. The zero-order chi connectivity index (χ0) is 101. The van der Waals surface area contributed by atoms with Gasteiger partial charge < -0.3 is 87.7 Å². The number of hydrogen-bond donors (Lipinski definition) is 3. The summed E-state index contributed by atoms with van der Waals surface area (Å²) in [7, 11) is 4.56. The van der Waals surface area contributed by atoms with E-state index in [1.54, 1.807) is 75.4 Å². The van der Waals surface area contributed by atoms with Gasteiger partial charge in [-0.1, -0.05) is 140 Å². The van der Waals surface area contributed by atoms with Crippen molar-refractivity contribution < 1.29 is 168 Å². The van der Waals surface area contributed by atoms with Crippen molar-refractivity contribution >= 4 is 87.6 Å². The second-order valence-electron chi connectivity index (χ2n) is 43.0. The monoisotopic (exact) mass is 2080 g/mol. The van der Waals surface area contributed by atoms with Gasteiger partial charge in [0.2, 0.25) is 35.4 Å². The number of alkyl carbamates (subject to hydrolysis) is 3. The molecule has 18 atom stereocenters. The molecule has 3 radical (unpaired) electrons. The molecular formula is C105H138F6N9O18V3-3. The van der Waals surface area contributed by atoms with E-state index in [9.17, 15) is 43.2 Å². The molecule has 3 saturated carbocycles. The molecule has 36 heteroatoms. The van der Waals surface area contributed by atoms with E-state index in [1.807, 2.05) is 116 Å². The summed E-state index contributed by atoms with van der Waals surface area (Å²) in [4.78, 5) is 137. The van der Waals surface area contributed by atoms with Crippen molar-refractivity contribution in [3.8, 4) is 34.9 Å². The Morgan fingerprint density at radius 1 is 0.404 bits per heavy atom. The minimum absolute atomic E-state index is 0. The van der Waals surface area contributed by atoms with Crippen LogP contribution in [0.3, 0.4) is 0 Å². The summed E-state index contributed by atoms with van der Waals surface area (Å²) in [6.45, 7) is 30.4. The summed E-state index contributed by atoms with van der Waals surface area (Å²) < 4.78 is 151. The smallest absolute Gasteiger partial charge is 0.408 e. The average Bonchev–Trinajstić information content (AvgIpc) is 1.48. The standard InChI is InChI=1S/C36H48F2N3O6.C35H46F2N3O6.C34H44F2N3O6.3V/c1-8-24-27(20-42)41-19-28(24)46-31-29(21(2)25-15-14-23(45-7)18-26(25)39-31)36(37,38)17-10-9-12-22-13-11-16-35(22,6)47-33(44)40-30(32(41)43)34(3,4)5;1-7-23-26(19-41)40-18-28(23)45-31-29(20(2)24-15-14-22(44-6)17-25(24)38-31)35(36,37)16-9-8-11-21-12-10-13-27(21)46-33(43)39-30(32(40)42)34(3,4)5;1-8-22-25(18-40)39-17-26(22)44-29-27(19(2)23-13-12-21(43-7)15-24(23)37-29)34(35,36)14-10-9-11-20-16-33(20,6)45-31(42)38-28(30(39)41)32(3,4)5;;;/h14-15,18,22,24,27-28,30H,8-13,16-17,19H2,1-7H3,(H,40,44);14-15,17,21,23,26-28,30H,7-13,16,18H2,1-6H3,(H,39,43);12-13,15,20,22,25-26,28H,8-11,14,16-17H2,1-7H3,(H,38,42);;;/q3*-1;;;/t22-,24+,27-,28+,30-,35-;21-,23+,26-,27-,28+,30-;20-,22+,25-,26+,28-,33-;;;/m111.../s1. The number of aryl methyl sites for hydroxylation is 3. The zero-order valence-corrected chi connectivity index (χ0v) is 88.9. The summed E-state index contributed by atoms with van der Waals surface area (Å²) in [6, 6.07) is 9.24. The molecular weight excluding hydrogens is 1940 g/mol. The van der Waals surface area contributed by atoms with Crippen LogP contribution in [-0.2, 0) is 116 Å². The zero-order valence-electron chi connectivity index (χ0n) is 84.8. The van der Waals surface area contributed by atoms with Crippen molar-refractivity contribution in [1.29, 1.82) is 0 Å². The molecule has 3 saturated heterocycles. The molecule has 6 aliphatic heterocycles. The molecule has 3 N–H and O–H groups in total. The van der Waals surface area contributed by atoms with Crippen molar-refractivity contribution in [2.24, 2.45) is 51.8 Å². The van der Waals surface area contributed by atoms with Gasteiger partial charge in [-0.3, -0.25) is 14.4 Å². The maximum absolute atomic E-state index is 16.4. The Hall–Kier alpha value is -8.75. The van der Waals surface area contributed by atoms with Crippen LogP contribution in [0.4, 0.5) is 40.7 Å². The molecule has 6 aromatic rings. The van der Waals surface area contributed by atoms with Gasteiger partial charge >= 0.3 is 18.3 Å². The minimum Gasteiger partial charge on any atom is -0.540 e. The summed E-state index contributed by atoms with van der Waals surface area (Å²) in [5.41, 5.74) is -2.18. The third kappa shape index (κ3) is 24.7. The van der Waals surface area contributed by atoms with E-state index in [1.165, 1.54) is 36.0 Å². The number of carbonyl (C=O) groups is 6. The number of aromatic nitrogens is 3. The number of rotatable bonds is 9. The Morgan fingerprint density at radius 3 is 1.04 bits per heavy atom. The molecule has 15 rings (SSSR count). The van der Waals surface area contributed by atoms with E-state index in [2.05, 4.69) is 30.9 Å². The van der Waals surface area contributed by atoms with Gasteiger partial charge in [0.1, 0.15) is 71.0 Å². The van der Waals surface area contributed by atoms with Crippen molar-refractivity contribution in [2.45, 2.75) is 349 Å². The molecule has 6 amide bonds. The van der Waals surface area contributed by atoms with Gasteiger partial charge in [-0.2, -0.15) is 0 Å². The number of nitrogens with zero attached hydrogens (tertiary/aromatic N) is 6. The molecule has 9 aliphatic rings. The average molecular weight is 2080 g/mol. The number of fused-ring (bicyclic) bond motifs is 15. The third-order valence-electron chi connectivity index (χ3n) is 30.5. The number of pyridine rings is 3. The molecule has 6 bridgehead atoms. The first-order valence-electron chi connectivity index (χ1n) is 49.2. The predicted octanol–water partition coefficient (Wildman–Crippen LogP) is 19.9. The van der Waals surface area contributed by atoms with Crippen LogP contribution < -0.4 is 44.4 Å². The van der Waals surface area contributed by atoms with Gasteiger partial charge in [0.15, 0.2) is 0 Å². The summed E-state index contributed by atoms with van der Waals surface area (Å²) in [5, 5.41) is 10.1. The Bertz CT molecular complexity index is 5510. The summed E-state index contributed by atoms with van der Waals surface area (Å²) in [6.07, 6.45) is 10.7. The van der Waals surface area contributed by atoms with Crippen LogP contribution in [0.2, 0.25) is 0 Å². The van der Waals surface area contributed by atoms with E-state index in [-0.39, 0.29) is 153 Å². The first-order valence-corrected chi connectivity index (χ1v) is 49.2. The molecule has 3 aliphatic carbocycles. The number of hydrogen-bond acceptors (Lipinski definition) is 21. The number of halogens is 6. The van der Waals surface area contributed by atoms with E-state index >= 15 is 26.3 Å². The maximum Gasteiger partial charge on any atom is 0.408 e. The molecule has 9 heterocycles. The van der Waals surface area contributed by atoms with Crippen LogP contribution in [0.25, 0.3) is 32.7 Å². The Morgan fingerprint density at radius 2 is 0.716 bits per heavy atom. The summed E-state index contributed by atoms with van der Waals surface area (Å²) in [5.74, 6) is -11.9. The molecule has 27 nitrogen and oxygen atoms in total. The van der Waals surface area contributed by atoms with Crippen LogP contribution in [0.1, 0.15) is 272 Å². The number of methoxy groups -OCH3 is 3. The van der Waals surface area contributed by atoms with E-state index < -0.39 is 173 Å². The SMILES string of the molecule is CC[C@@H]1[C@@H]2CN(C(=O)[C@H](C(C)(C)C)NC(=O)O[C@@H]3CCC[C@H]3CCCCC(F)(F)c3c(nc4cc(OC)ccc4c3C)O2)[C@@H]1[C-]=O.CC[C@@H]1[C@@H]2CN(C(=O)[C@H](C(C)(C)C)NC(=O)O[C@]3(C)CCC[C@H]3CCCCC(F)(F)c3c(nc4cc(OC)ccc4c3C)O2)[C@@H]1[C-]=O.CC[C@@H]1[C@@H]2CN(C(=O)[C@H](C(C)(C)C)NC(=O)O[C@]3(C)C[C@H]3CCCCC(F)(F)c3c(nc4cc(OC)ccc4c3C)O2)[C@@H]1[C-]=O.[V].[V].[V]. The van der Waals surface area contributed by atoms with Crippen LogP contribution >= 0.6 is 0 Å². The van der Waals surface area contributed by atoms with Gasteiger partial charge in [-0.25, -0.2) is 74.5 Å². The van der Waals surface area contributed by atoms with Gasteiger partial charge in [0.25, 0.3) is 17.8 Å². The molecule has 0 unspecified atom stereocenters. The second-order valence-corrected chi connectivity index (χ2v) is 43.0. The van der Waals surface area contributed by atoms with Crippen molar-refractivity contribution in [2.75, 3.05) is 41.0 Å². The molecule has 6 fully saturated rings.